The van der Waals surface area contributed by atoms with E-state index in [1.807, 2.05) is 24.3 Å². The van der Waals surface area contributed by atoms with Crippen LogP contribution in [0.1, 0.15) is 41.6 Å². The zero-order valence-electron chi connectivity index (χ0n) is 11.7. The molecule has 0 bridgehead atoms. The lowest BCUT2D eigenvalue weighted by Gasteiger charge is -2.16. The molecule has 1 atom stereocenters. The topological polar surface area (TPSA) is 35.8 Å². The van der Waals surface area contributed by atoms with Gasteiger partial charge in [-0.15, -0.1) is 0 Å². The lowest BCUT2D eigenvalue weighted by molar-refractivity contribution is 0.883. The van der Waals surface area contributed by atoms with E-state index in [0.717, 1.165) is 0 Å². The highest BCUT2D eigenvalue weighted by Crippen LogP contribution is 2.27. The van der Waals surface area contributed by atoms with Gasteiger partial charge in [-0.2, -0.15) is 5.26 Å². The van der Waals surface area contributed by atoms with E-state index in [9.17, 15) is 0 Å². The molecule has 100 valence electrons. The highest BCUT2D eigenvalue weighted by atomic mass is 14.9. The second-order valence-corrected chi connectivity index (χ2v) is 5.44. The Bertz CT molecular complexity index is 650. The van der Waals surface area contributed by atoms with Crippen molar-refractivity contribution >= 4 is 5.69 Å². The third-order valence-electron chi connectivity index (χ3n) is 4.02. The van der Waals surface area contributed by atoms with Crippen LogP contribution in [0.4, 0.5) is 5.69 Å². The molecule has 1 aliphatic rings. The predicted octanol–water partition coefficient (Wildman–Crippen LogP) is 4.22. The fourth-order valence-electron chi connectivity index (χ4n) is 2.84. The van der Waals surface area contributed by atoms with Gasteiger partial charge in [0, 0.05) is 11.7 Å². The van der Waals surface area contributed by atoms with Gasteiger partial charge in [-0.3, -0.25) is 0 Å². The average Bonchev–Trinajstić information content (AvgIpc) is 2.95. The van der Waals surface area contributed by atoms with Gasteiger partial charge in [-0.05, 0) is 67.1 Å². The van der Waals surface area contributed by atoms with Crippen LogP contribution in [0, 0.1) is 11.3 Å². The molecule has 1 unspecified atom stereocenters. The van der Waals surface area contributed by atoms with Gasteiger partial charge in [0.15, 0.2) is 0 Å². The maximum atomic E-state index is 8.83. The van der Waals surface area contributed by atoms with E-state index in [1.54, 1.807) is 0 Å². The molecule has 0 saturated carbocycles. The van der Waals surface area contributed by atoms with Crippen molar-refractivity contribution in [2.75, 3.05) is 5.32 Å². The molecule has 2 aromatic carbocycles. The predicted molar refractivity (Wildman–Crippen MR) is 81.7 cm³/mol. The van der Waals surface area contributed by atoms with Crippen molar-refractivity contribution in [3.8, 4) is 6.07 Å². The van der Waals surface area contributed by atoms with Crippen molar-refractivity contribution in [1.29, 1.82) is 5.26 Å². The van der Waals surface area contributed by atoms with E-state index >= 15 is 0 Å². The third kappa shape index (κ3) is 2.53. The van der Waals surface area contributed by atoms with Crippen molar-refractivity contribution in [1.82, 2.24) is 0 Å². The molecule has 0 radical (unpaired) electrons. The first kappa shape index (κ1) is 12.7. The van der Waals surface area contributed by atoms with Crippen molar-refractivity contribution in [3.05, 3.63) is 64.7 Å². The lowest BCUT2D eigenvalue weighted by Crippen LogP contribution is -2.06. The molecule has 2 aromatic rings. The Morgan fingerprint density at radius 3 is 2.55 bits per heavy atom. The summed E-state index contributed by atoms with van der Waals surface area (Å²) in [5, 5.41) is 12.4. The first-order valence-electron chi connectivity index (χ1n) is 7.14. The van der Waals surface area contributed by atoms with Gasteiger partial charge in [0.05, 0.1) is 11.6 Å². The smallest absolute Gasteiger partial charge is 0.0991 e. The van der Waals surface area contributed by atoms with Crippen molar-refractivity contribution in [3.63, 3.8) is 0 Å². The van der Waals surface area contributed by atoms with E-state index in [1.165, 1.54) is 41.6 Å². The SMILES string of the molecule is CC(Nc1ccc2c(c1)CCC2)c1ccc(C#N)cc1. The number of nitriles is 1. The summed E-state index contributed by atoms with van der Waals surface area (Å²) in [7, 11) is 0. The van der Waals surface area contributed by atoms with E-state index in [4.69, 9.17) is 5.26 Å². The lowest BCUT2D eigenvalue weighted by atomic mass is 10.1. The van der Waals surface area contributed by atoms with Crippen LogP contribution < -0.4 is 5.32 Å². The molecule has 2 nitrogen and oxygen atoms in total. The van der Waals surface area contributed by atoms with E-state index in [2.05, 4.69) is 36.5 Å². The largest absolute Gasteiger partial charge is 0.379 e. The molecule has 0 heterocycles. The molecule has 3 rings (SSSR count). The van der Waals surface area contributed by atoms with Crippen LogP contribution in [0.15, 0.2) is 42.5 Å². The zero-order chi connectivity index (χ0) is 13.9. The van der Waals surface area contributed by atoms with Gasteiger partial charge in [0.2, 0.25) is 0 Å². The summed E-state index contributed by atoms with van der Waals surface area (Å²) in [6.07, 6.45) is 3.71. The second-order valence-electron chi connectivity index (χ2n) is 5.44. The number of anilines is 1. The van der Waals surface area contributed by atoms with Gasteiger partial charge in [-0.1, -0.05) is 18.2 Å². The minimum absolute atomic E-state index is 0.238. The van der Waals surface area contributed by atoms with Crippen molar-refractivity contribution in [2.45, 2.75) is 32.2 Å². The summed E-state index contributed by atoms with van der Waals surface area (Å²) in [4.78, 5) is 0. The fraction of sp³-hybridized carbons (Fsp3) is 0.278. The van der Waals surface area contributed by atoms with Crippen LogP contribution in [0.25, 0.3) is 0 Å². The summed E-state index contributed by atoms with van der Waals surface area (Å²) < 4.78 is 0. The number of nitrogens with one attached hydrogen (secondary N) is 1. The van der Waals surface area contributed by atoms with E-state index < -0.39 is 0 Å². The fourth-order valence-corrected chi connectivity index (χ4v) is 2.84. The van der Waals surface area contributed by atoms with Gasteiger partial charge >= 0.3 is 0 Å². The molecule has 0 aromatic heterocycles. The van der Waals surface area contributed by atoms with Gasteiger partial charge in [-0.25, -0.2) is 0 Å². The van der Waals surface area contributed by atoms with Crippen LogP contribution in [-0.4, -0.2) is 0 Å². The highest BCUT2D eigenvalue weighted by molar-refractivity contribution is 5.51. The van der Waals surface area contributed by atoms with Crippen LogP contribution >= 0.6 is 0 Å². The summed E-state index contributed by atoms with van der Waals surface area (Å²) >= 11 is 0. The van der Waals surface area contributed by atoms with E-state index in [0.29, 0.717) is 5.56 Å². The maximum Gasteiger partial charge on any atom is 0.0991 e. The molecule has 1 aliphatic carbocycles. The monoisotopic (exact) mass is 262 g/mol. The van der Waals surface area contributed by atoms with Crippen LogP contribution in [0.2, 0.25) is 0 Å². The molecule has 0 saturated heterocycles. The number of benzene rings is 2. The summed E-state index contributed by atoms with van der Waals surface area (Å²) in [5.74, 6) is 0. The Kier molecular flexibility index (Phi) is 3.43. The molecule has 20 heavy (non-hydrogen) atoms. The van der Waals surface area contributed by atoms with Gasteiger partial charge in [0.1, 0.15) is 0 Å². The number of aryl methyl sites for hydroxylation is 2. The number of hydrogen-bond donors (Lipinski definition) is 1. The normalized spacial score (nSPS) is 14.4. The Balaban J connectivity index is 1.75. The zero-order valence-corrected chi connectivity index (χ0v) is 11.7. The highest BCUT2D eigenvalue weighted by Gasteiger charge is 2.12. The van der Waals surface area contributed by atoms with Gasteiger partial charge in [0.25, 0.3) is 0 Å². The molecule has 0 aliphatic heterocycles. The Hall–Kier alpha value is -2.27. The van der Waals surface area contributed by atoms with E-state index in [-0.39, 0.29) is 6.04 Å². The van der Waals surface area contributed by atoms with Gasteiger partial charge < -0.3 is 5.32 Å². The summed E-state index contributed by atoms with van der Waals surface area (Å²) in [6.45, 7) is 2.15. The minimum atomic E-state index is 0.238. The summed E-state index contributed by atoms with van der Waals surface area (Å²) in [5.41, 5.74) is 6.08. The minimum Gasteiger partial charge on any atom is -0.379 e. The van der Waals surface area contributed by atoms with Crippen molar-refractivity contribution < 1.29 is 0 Å². The number of fused-ring (bicyclic) bond motifs is 1. The first-order chi connectivity index (χ1) is 9.76. The van der Waals surface area contributed by atoms with Crippen LogP contribution in [-0.2, 0) is 12.8 Å². The molecular formula is C18H18N2. The maximum absolute atomic E-state index is 8.83. The quantitative estimate of drug-likeness (QED) is 0.899. The standard InChI is InChI=1S/C18H18N2/c1-13(15-7-5-14(12-19)6-8-15)20-18-10-9-16-3-2-4-17(16)11-18/h5-11,13,20H,2-4H2,1H3. The number of rotatable bonds is 3. The molecule has 0 spiro atoms. The Morgan fingerprint density at radius 2 is 1.80 bits per heavy atom. The van der Waals surface area contributed by atoms with Crippen molar-refractivity contribution in [2.24, 2.45) is 0 Å². The third-order valence-corrected chi connectivity index (χ3v) is 4.02. The average molecular weight is 262 g/mol. The Labute approximate surface area is 120 Å². The Morgan fingerprint density at radius 1 is 1.05 bits per heavy atom. The first-order valence-corrected chi connectivity index (χ1v) is 7.14. The molecule has 0 fully saturated rings. The van der Waals surface area contributed by atoms with Crippen LogP contribution in [0.3, 0.4) is 0 Å². The number of nitrogens with zero attached hydrogens (tertiary/aromatic N) is 1. The molecule has 0 amide bonds. The molecule has 1 N–H and O–H groups in total. The second kappa shape index (κ2) is 5.38. The van der Waals surface area contributed by atoms with Crippen LogP contribution in [0.5, 0.6) is 0 Å². The summed E-state index contributed by atoms with van der Waals surface area (Å²) in [6, 6.07) is 16.9. The number of hydrogen-bond acceptors (Lipinski definition) is 2. The molecule has 2 heteroatoms. The molecular weight excluding hydrogens is 244 g/mol.